The molecule has 156 valence electrons. The fraction of sp³-hybridized carbons (Fsp3) is 0.591. The van der Waals surface area contributed by atoms with Crippen molar-refractivity contribution in [2.24, 2.45) is 10.8 Å². The molecule has 4 rings (SSSR count). The number of fused-ring (bicyclic) bond motifs is 2. The third kappa shape index (κ3) is 3.41. The van der Waals surface area contributed by atoms with Crippen LogP contribution in [0.2, 0.25) is 5.02 Å². The van der Waals surface area contributed by atoms with E-state index in [4.69, 9.17) is 11.6 Å². The molecule has 3 atom stereocenters. The van der Waals surface area contributed by atoms with E-state index in [1.807, 2.05) is 4.90 Å². The first-order valence-corrected chi connectivity index (χ1v) is 10.5. The zero-order chi connectivity index (χ0) is 21.2. The molecule has 1 saturated carbocycles. The van der Waals surface area contributed by atoms with Crippen LogP contribution < -0.4 is 5.32 Å². The zero-order valence-electron chi connectivity index (χ0n) is 17.4. The Labute approximate surface area is 176 Å². The van der Waals surface area contributed by atoms with Crippen LogP contribution >= 0.6 is 11.6 Å². The van der Waals surface area contributed by atoms with Crippen LogP contribution in [0.25, 0.3) is 0 Å². The Balaban J connectivity index is 1.51. The molecule has 2 saturated heterocycles. The molecular formula is C22H28ClN3O3. The van der Waals surface area contributed by atoms with Gasteiger partial charge in [0.25, 0.3) is 5.91 Å². The summed E-state index contributed by atoms with van der Waals surface area (Å²) in [6.45, 7) is 8.87. The number of hydrogen-bond donors (Lipinski definition) is 1. The lowest BCUT2D eigenvalue weighted by Gasteiger charge is -2.39. The minimum Gasteiger partial charge on any atom is -0.338 e. The Kier molecular flexibility index (Phi) is 4.50. The number of halogens is 1. The molecule has 1 aliphatic carbocycles. The van der Waals surface area contributed by atoms with E-state index in [0.717, 1.165) is 24.2 Å². The van der Waals surface area contributed by atoms with E-state index in [1.165, 1.54) is 0 Å². The molecule has 1 aromatic rings. The normalized spacial score (nSPS) is 33.2. The van der Waals surface area contributed by atoms with Gasteiger partial charge in [-0.3, -0.25) is 14.5 Å². The van der Waals surface area contributed by atoms with Crippen molar-refractivity contribution in [2.75, 3.05) is 13.1 Å². The number of rotatable bonds is 3. The number of urea groups is 1. The molecule has 2 heterocycles. The molecular weight excluding hydrogens is 390 g/mol. The SMILES string of the molecule is CC1(C)C[C@H]2C[C@@](C)(CN2C(=O)CN2C(=O)N[C@](C)(c3ccc(Cl)cc3)C2=O)C1. The molecule has 2 aliphatic heterocycles. The summed E-state index contributed by atoms with van der Waals surface area (Å²) >= 11 is 5.94. The monoisotopic (exact) mass is 417 g/mol. The Morgan fingerprint density at radius 1 is 1.14 bits per heavy atom. The van der Waals surface area contributed by atoms with Crippen molar-refractivity contribution in [3.63, 3.8) is 0 Å². The standard InChI is InChI=1S/C22H28ClN3O3/c1-20(2)9-16-10-21(3,12-20)13-26(16)17(27)11-25-18(28)22(4,24-19(25)29)14-5-7-15(23)8-6-14/h5-8,16H,9-13H2,1-4H3,(H,24,29)/t16-,21+,22+/m0/s1. The Hall–Kier alpha value is -2.08. The predicted molar refractivity (Wildman–Crippen MR) is 110 cm³/mol. The number of nitrogens with one attached hydrogen (secondary N) is 1. The first kappa shape index (κ1) is 20.2. The Bertz CT molecular complexity index is 884. The summed E-state index contributed by atoms with van der Waals surface area (Å²) < 4.78 is 0. The van der Waals surface area contributed by atoms with E-state index in [0.29, 0.717) is 17.1 Å². The van der Waals surface area contributed by atoms with Gasteiger partial charge in [-0.2, -0.15) is 0 Å². The van der Waals surface area contributed by atoms with Crippen molar-refractivity contribution in [3.8, 4) is 0 Å². The minimum absolute atomic E-state index is 0.108. The van der Waals surface area contributed by atoms with Crippen molar-refractivity contribution in [2.45, 2.75) is 58.5 Å². The van der Waals surface area contributed by atoms with Gasteiger partial charge in [0.15, 0.2) is 0 Å². The van der Waals surface area contributed by atoms with Crippen LogP contribution in [-0.4, -0.2) is 46.8 Å². The molecule has 0 spiro atoms. The Morgan fingerprint density at radius 3 is 2.45 bits per heavy atom. The van der Waals surface area contributed by atoms with Crippen molar-refractivity contribution < 1.29 is 14.4 Å². The van der Waals surface area contributed by atoms with E-state index in [-0.39, 0.29) is 29.3 Å². The maximum absolute atomic E-state index is 13.1. The summed E-state index contributed by atoms with van der Waals surface area (Å²) in [6.07, 6.45) is 3.03. The highest BCUT2D eigenvalue weighted by Crippen LogP contribution is 2.52. The van der Waals surface area contributed by atoms with Crippen molar-refractivity contribution in [1.82, 2.24) is 15.1 Å². The van der Waals surface area contributed by atoms with Crippen LogP contribution in [0.4, 0.5) is 4.79 Å². The highest BCUT2D eigenvalue weighted by Gasteiger charge is 2.53. The van der Waals surface area contributed by atoms with E-state index in [1.54, 1.807) is 31.2 Å². The topological polar surface area (TPSA) is 69.7 Å². The van der Waals surface area contributed by atoms with E-state index < -0.39 is 17.5 Å². The predicted octanol–water partition coefficient (Wildman–Crippen LogP) is 3.53. The molecule has 1 aromatic carbocycles. The second-order valence-corrected chi connectivity index (χ2v) is 10.6. The number of benzene rings is 1. The summed E-state index contributed by atoms with van der Waals surface area (Å²) in [6, 6.07) is 6.45. The smallest absolute Gasteiger partial charge is 0.325 e. The number of likely N-dealkylation sites (tertiary alicyclic amines) is 1. The number of hydrogen-bond acceptors (Lipinski definition) is 3. The zero-order valence-corrected chi connectivity index (χ0v) is 18.2. The molecule has 0 aromatic heterocycles. The van der Waals surface area contributed by atoms with Gasteiger partial charge in [-0.25, -0.2) is 4.79 Å². The lowest BCUT2D eigenvalue weighted by molar-refractivity contribution is -0.139. The lowest BCUT2D eigenvalue weighted by atomic mass is 9.65. The fourth-order valence-corrected chi connectivity index (χ4v) is 5.92. The van der Waals surface area contributed by atoms with Gasteiger partial charge in [0.1, 0.15) is 12.1 Å². The molecule has 3 aliphatic rings. The number of nitrogens with zero attached hydrogens (tertiary/aromatic N) is 2. The molecule has 7 heteroatoms. The number of carbonyl (C=O) groups excluding carboxylic acids is 3. The van der Waals surface area contributed by atoms with Gasteiger partial charge in [-0.1, -0.05) is 44.5 Å². The average Bonchev–Trinajstić information content (AvgIpc) is 2.99. The van der Waals surface area contributed by atoms with Gasteiger partial charge in [0, 0.05) is 17.6 Å². The summed E-state index contributed by atoms with van der Waals surface area (Å²) in [5, 5.41) is 3.31. The molecule has 2 bridgehead atoms. The van der Waals surface area contributed by atoms with E-state index >= 15 is 0 Å². The van der Waals surface area contributed by atoms with Gasteiger partial charge in [-0.05, 0) is 54.7 Å². The molecule has 0 radical (unpaired) electrons. The number of imide groups is 1. The van der Waals surface area contributed by atoms with Gasteiger partial charge in [0.05, 0.1) is 0 Å². The highest BCUT2D eigenvalue weighted by molar-refractivity contribution is 6.30. The van der Waals surface area contributed by atoms with Crippen LogP contribution in [0.1, 0.15) is 52.5 Å². The molecule has 1 N–H and O–H groups in total. The van der Waals surface area contributed by atoms with Gasteiger partial charge >= 0.3 is 6.03 Å². The van der Waals surface area contributed by atoms with Gasteiger partial charge in [-0.15, -0.1) is 0 Å². The van der Waals surface area contributed by atoms with Crippen LogP contribution in [-0.2, 0) is 15.1 Å². The summed E-state index contributed by atoms with van der Waals surface area (Å²) in [7, 11) is 0. The lowest BCUT2D eigenvalue weighted by Crippen LogP contribution is -2.46. The highest BCUT2D eigenvalue weighted by atomic mass is 35.5. The maximum Gasteiger partial charge on any atom is 0.325 e. The molecule has 3 fully saturated rings. The first-order chi connectivity index (χ1) is 13.4. The molecule has 29 heavy (non-hydrogen) atoms. The molecule has 4 amide bonds. The van der Waals surface area contributed by atoms with E-state index in [2.05, 4.69) is 26.1 Å². The largest absolute Gasteiger partial charge is 0.338 e. The quantitative estimate of drug-likeness (QED) is 0.765. The Morgan fingerprint density at radius 2 is 1.79 bits per heavy atom. The van der Waals surface area contributed by atoms with Crippen molar-refractivity contribution >= 4 is 29.4 Å². The summed E-state index contributed by atoms with van der Waals surface area (Å²) in [5.74, 6) is -0.563. The molecule has 6 nitrogen and oxygen atoms in total. The second kappa shape index (κ2) is 6.46. The third-order valence-electron chi connectivity index (χ3n) is 6.73. The number of amides is 4. The van der Waals surface area contributed by atoms with Crippen LogP contribution in [0, 0.1) is 10.8 Å². The van der Waals surface area contributed by atoms with Crippen molar-refractivity contribution in [3.05, 3.63) is 34.9 Å². The van der Waals surface area contributed by atoms with E-state index in [9.17, 15) is 14.4 Å². The maximum atomic E-state index is 13.1. The molecule has 0 unspecified atom stereocenters. The summed E-state index contributed by atoms with van der Waals surface area (Å²) in [5.41, 5.74) is -0.254. The fourth-order valence-electron chi connectivity index (χ4n) is 5.80. The van der Waals surface area contributed by atoms with Crippen LogP contribution in [0.3, 0.4) is 0 Å². The van der Waals surface area contributed by atoms with Crippen molar-refractivity contribution in [1.29, 1.82) is 0 Å². The second-order valence-electron chi connectivity index (χ2n) is 10.2. The van der Waals surface area contributed by atoms with Crippen LogP contribution in [0.5, 0.6) is 0 Å². The summed E-state index contributed by atoms with van der Waals surface area (Å²) in [4.78, 5) is 41.7. The minimum atomic E-state index is -1.20. The third-order valence-corrected chi connectivity index (χ3v) is 6.98. The number of carbonyl (C=O) groups is 3. The average molecular weight is 418 g/mol. The first-order valence-electron chi connectivity index (χ1n) is 10.1. The van der Waals surface area contributed by atoms with Gasteiger partial charge in [0.2, 0.25) is 5.91 Å². The van der Waals surface area contributed by atoms with Crippen LogP contribution in [0.15, 0.2) is 24.3 Å². The van der Waals surface area contributed by atoms with Gasteiger partial charge < -0.3 is 10.2 Å².